The van der Waals surface area contributed by atoms with Crippen molar-refractivity contribution in [2.75, 3.05) is 12.0 Å². The van der Waals surface area contributed by atoms with Crippen molar-refractivity contribution in [3.8, 4) is 11.5 Å². The van der Waals surface area contributed by atoms with Crippen LogP contribution in [0.4, 0.5) is 5.69 Å². The van der Waals surface area contributed by atoms with Gasteiger partial charge in [-0.3, -0.25) is 9.78 Å². The highest BCUT2D eigenvalue weighted by Crippen LogP contribution is 2.24. The lowest BCUT2D eigenvalue weighted by Gasteiger charge is -2.21. The number of anilines is 1. The largest absolute Gasteiger partial charge is 0.508 e. The van der Waals surface area contributed by atoms with Gasteiger partial charge in [0, 0.05) is 18.4 Å². The van der Waals surface area contributed by atoms with Crippen LogP contribution < -0.4 is 9.64 Å². The van der Waals surface area contributed by atoms with E-state index in [-0.39, 0.29) is 11.7 Å². The summed E-state index contributed by atoms with van der Waals surface area (Å²) < 4.78 is 5.15. The number of ether oxygens (including phenoxy) is 1. The van der Waals surface area contributed by atoms with Crippen molar-refractivity contribution in [3.63, 3.8) is 0 Å². The third kappa shape index (κ3) is 3.30. The Bertz CT molecular complexity index is 875. The molecule has 0 saturated heterocycles. The number of phenolic OH excluding ortho intramolecular Hbond substituents is 1. The molecular formula is C19H18N2O3. The number of aromatic nitrogens is 1. The number of methoxy groups -OCH3 is 1. The van der Waals surface area contributed by atoms with E-state index < -0.39 is 0 Å². The first-order valence-electron chi connectivity index (χ1n) is 7.56. The van der Waals surface area contributed by atoms with Crippen LogP contribution in [-0.4, -0.2) is 23.1 Å². The maximum Gasteiger partial charge on any atom is 0.224 e. The van der Waals surface area contributed by atoms with Crippen LogP contribution in [0.1, 0.15) is 12.5 Å². The van der Waals surface area contributed by atoms with Gasteiger partial charge in [-0.15, -0.1) is 0 Å². The number of rotatable bonds is 4. The van der Waals surface area contributed by atoms with Gasteiger partial charge in [0.1, 0.15) is 11.5 Å². The average Bonchev–Trinajstić information content (AvgIpc) is 2.59. The minimum atomic E-state index is -0.0641. The first-order chi connectivity index (χ1) is 11.6. The van der Waals surface area contributed by atoms with Gasteiger partial charge in [0.2, 0.25) is 5.91 Å². The van der Waals surface area contributed by atoms with Gasteiger partial charge in [-0.25, -0.2) is 0 Å². The molecule has 1 N–H and O–H groups in total. The van der Waals surface area contributed by atoms with Gasteiger partial charge in [0.05, 0.1) is 31.1 Å². The molecule has 3 aromatic rings. The zero-order valence-corrected chi connectivity index (χ0v) is 13.6. The third-order valence-electron chi connectivity index (χ3n) is 3.84. The van der Waals surface area contributed by atoms with Crippen molar-refractivity contribution in [2.45, 2.75) is 13.5 Å². The number of benzene rings is 2. The molecule has 0 aliphatic rings. The Morgan fingerprint density at radius 2 is 1.92 bits per heavy atom. The van der Waals surface area contributed by atoms with Gasteiger partial charge in [0.25, 0.3) is 0 Å². The van der Waals surface area contributed by atoms with E-state index in [1.807, 2.05) is 30.3 Å². The number of hydrogen-bond donors (Lipinski definition) is 1. The molecule has 3 rings (SSSR count). The summed E-state index contributed by atoms with van der Waals surface area (Å²) in [6, 6.07) is 14.5. The summed E-state index contributed by atoms with van der Waals surface area (Å²) in [6.45, 7) is 1.98. The SMILES string of the molecule is COc1ccc(CN(C(C)=O)c2cnc3cc(O)ccc3c2)cc1. The molecule has 0 atom stereocenters. The Balaban J connectivity index is 1.92. The number of aromatic hydroxyl groups is 1. The maximum atomic E-state index is 12.1. The molecule has 1 aromatic heterocycles. The normalized spacial score (nSPS) is 10.6. The summed E-state index contributed by atoms with van der Waals surface area (Å²) in [6.07, 6.45) is 1.65. The molecule has 0 fully saturated rings. The van der Waals surface area contributed by atoms with Crippen LogP contribution >= 0.6 is 0 Å². The number of carbonyl (C=O) groups is 1. The number of fused-ring (bicyclic) bond motifs is 1. The number of phenols is 1. The number of hydrogen-bond acceptors (Lipinski definition) is 4. The third-order valence-corrected chi connectivity index (χ3v) is 3.84. The molecule has 0 aliphatic heterocycles. The molecule has 0 saturated carbocycles. The second-order valence-corrected chi connectivity index (χ2v) is 5.52. The fourth-order valence-corrected chi connectivity index (χ4v) is 2.54. The molecular weight excluding hydrogens is 304 g/mol. The highest BCUT2D eigenvalue weighted by atomic mass is 16.5. The second-order valence-electron chi connectivity index (χ2n) is 5.52. The van der Waals surface area contributed by atoms with Crippen LogP contribution in [0.5, 0.6) is 11.5 Å². The van der Waals surface area contributed by atoms with E-state index in [4.69, 9.17) is 4.74 Å². The minimum Gasteiger partial charge on any atom is -0.508 e. The van der Waals surface area contributed by atoms with Crippen LogP contribution in [-0.2, 0) is 11.3 Å². The Hall–Kier alpha value is -3.08. The fraction of sp³-hybridized carbons (Fsp3) is 0.158. The number of nitrogens with zero attached hydrogens (tertiary/aromatic N) is 2. The van der Waals surface area contributed by atoms with Crippen molar-refractivity contribution in [3.05, 3.63) is 60.3 Å². The molecule has 122 valence electrons. The summed E-state index contributed by atoms with van der Waals surface area (Å²) in [5, 5.41) is 10.4. The molecule has 0 bridgehead atoms. The monoisotopic (exact) mass is 322 g/mol. The van der Waals surface area contributed by atoms with Gasteiger partial charge in [-0.05, 0) is 35.9 Å². The molecule has 24 heavy (non-hydrogen) atoms. The molecule has 0 radical (unpaired) electrons. The van der Waals surface area contributed by atoms with Gasteiger partial charge >= 0.3 is 0 Å². The van der Waals surface area contributed by atoms with E-state index in [1.165, 1.54) is 6.92 Å². The van der Waals surface area contributed by atoms with Gasteiger partial charge in [0.15, 0.2) is 0 Å². The average molecular weight is 322 g/mol. The van der Waals surface area contributed by atoms with Crippen molar-refractivity contribution in [1.29, 1.82) is 0 Å². The van der Waals surface area contributed by atoms with Crippen molar-refractivity contribution in [2.24, 2.45) is 0 Å². The van der Waals surface area contributed by atoms with Gasteiger partial charge in [-0.1, -0.05) is 12.1 Å². The van der Waals surface area contributed by atoms with Crippen LogP contribution in [0.2, 0.25) is 0 Å². The topological polar surface area (TPSA) is 62.7 Å². The zero-order chi connectivity index (χ0) is 17.1. The summed E-state index contributed by atoms with van der Waals surface area (Å²) in [5.41, 5.74) is 2.40. The van der Waals surface area contributed by atoms with Crippen LogP contribution in [0.15, 0.2) is 54.7 Å². The van der Waals surface area contributed by atoms with Crippen LogP contribution in [0.3, 0.4) is 0 Å². The van der Waals surface area contributed by atoms with Gasteiger partial charge < -0.3 is 14.7 Å². The first-order valence-corrected chi connectivity index (χ1v) is 7.56. The van der Waals surface area contributed by atoms with Crippen molar-refractivity contribution < 1.29 is 14.6 Å². The standard InChI is InChI=1S/C19H18N2O3/c1-13(22)21(12-14-3-7-18(24-2)8-4-14)16-9-15-5-6-17(23)10-19(15)20-11-16/h3-11,23H,12H2,1-2H3. The summed E-state index contributed by atoms with van der Waals surface area (Å²) >= 11 is 0. The van der Waals surface area contributed by atoms with E-state index in [2.05, 4.69) is 4.98 Å². The first kappa shape index (κ1) is 15.8. The highest BCUT2D eigenvalue weighted by molar-refractivity contribution is 5.94. The highest BCUT2D eigenvalue weighted by Gasteiger charge is 2.13. The van der Waals surface area contributed by atoms with E-state index >= 15 is 0 Å². The van der Waals surface area contributed by atoms with Gasteiger partial charge in [-0.2, -0.15) is 0 Å². The minimum absolute atomic E-state index is 0.0641. The Morgan fingerprint density at radius 1 is 1.17 bits per heavy atom. The van der Waals surface area contributed by atoms with E-state index in [0.29, 0.717) is 12.1 Å². The Labute approximate surface area is 140 Å². The molecule has 1 heterocycles. The van der Waals surface area contributed by atoms with Crippen molar-refractivity contribution in [1.82, 2.24) is 4.98 Å². The predicted octanol–water partition coefficient (Wildman–Crippen LogP) is 3.50. The smallest absolute Gasteiger partial charge is 0.224 e. The number of pyridine rings is 1. The summed E-state index contributed by atoms with van der Waals surface area (Å²) in [7, 11) is 1.62. The predicted molar refractivity (Wildman–Crippen MR) is 93.3 cm³/mol. The lowest BCUT2D eigenvalue weighted by Crippen LogP contribution is -2.27. The molecule has 2 aromatic carbocycles. The van der Waals surface area contributed by atoms with Crippen LogP contribution in [0.25, 0.3) is 10.9 Å². The fourth-order valence-electron chi connectivity index (χ4n) is 2.54. The Kier molecular flexibility index (Phi) is 4.33. The molecule has 5 nitrogen and oxygen atoms in total. The van der Waals surface area contributed by atoms with Crippen LogP contribution in [0, 0.1) is 0 Å². The molecule has 0 unspecified atom stereocenters. The van der Waals surface area contributed by atoms with E-state index in [1.54, 1.807) is 36.4 Å². The maximum absolute atomic E-state index is 12.1. The molecule has 0 spiro atoms. The second kappa shape index (κ2) is 6.58. The lowest BCUT2D eigenvalue weighted by atomic mass is 10.1. The molecule has 0 aliphatic carbocycles. The summed E-state index contributed by atoms with van der Waals surface area (Å²) in [5.74, 6) is 0.885. The summed E-state index contributed by atoms with van der Waals surface area (Å²) in [4.78, 5) is 18.1. The molecule has 5 heteroatoms. The number of carbonyl (C=O) groups excluding carboxylic acids is 1. The number of amides is 1. The van der Waals surface area contributed by atoms with E-state index in [0.717, 1.165) is 22.4 Å². The zero-order valence-electron chi connectivity index (χ0n) is 13.6. The van der Waals surface area contributed by atoms with Crippen molar-refractivity contribution >= 4 is 22.5 Å². The Morgan fingerprint density at radius 3 is 2.58 bits per heavy atom. The lowest BCUT2D eigenvalue weighted by molar-refractivity contribution is -0.116. The molecule has 1 amide bonds. The quantitative estimate of drug-likeness (QED) is 0.798. The van der Waals surface area contributed by atoms with E-state index in [9.17, 15) is 9.90 Å².